The number of carbonyl (C=O) groups is 2. The molecule has 4 rings (SSSR count). The summed E-state index contributed by atoms with van der Waals surface area (Å²) in [5, 5.41) is 2.53. The van der Waals surface area contributed by atoms with Crippen molar-refractivity contribution in [2.24, 2.45) is 5.92 Å². The number of hydrogen-bond acceptors (Lipinski definition) is 4. The van der Waals surface area contributed by atoms with Gasteiger partial charge in [0.2, 0.25) is 18.6 Å². The molecule has 0 bridgehead atoms. The zero-order chi connectivity index (χ0) is 19.0. The van der Waals surface area contributed by atoms with Crippen LogP contribution in [0.4, 0.5) is 14.5 Å². The quantitative estimate of drug-likeness (QED) is 0.894. The van der Waals surface area contributed by atoms with Gasteiger partial charge in [0, 0.05) is 31.3 Å². The number of carbonyl (C=O) groups excluding carboxylic acids is 2. The number of likely N-dealkylation sites (tertiary alicyclic amines) is 1. The van der Waals surface area contributed by atoms with Gasteiger partial charge in [-0.25, -0.2) is 8.78 Å². The van der Waals surface area contributed by atoms with Crippen LogP contribution >= 0.6 is 0 Å². The highest BCUT2D eigenvalue weighted by molar-refractivity contribution is 5.97. The summed E-state index contributed by atoms with van der Waals surface area (Å²) in [4.78, 5) is 26.2. The van der Waals surface area contributed by atoms with Gasteiger partial charge in [0.15, 0.2) is 23.1 Å². The van der Waals surface area contributed by atoms with Gasteiger partial charge >= 0.3 is 0 Å². The Morgan fingerprint density at radius 1 is 1.11 bits per heavy atom. The number of ether oxygens (including phenoxy) is 2. The average molecular weight is 374 g/mol. The number of halogens is 2. The highest BCUT2D eigenvalue weighted by Crippen LogP contribution is 2.33. The van der Waals surface area contributed by atoms with Crippen LogP contribution in [-0.2, 0) is 16.1 Å². The Morgan fingerprint density at radius 2 is 1.93 bits per heavy atom. The molecule has 2 aromatic carbocycles. The van der Waals surface area contributed by atoms with Crippen LogP contribution in [0.1, 0.15) is 12.0 Å². The van der Waals surface area contributed by atoms with Crippen molar-refractivity contribution in [1.82, 2.24) is 4.90 Å². The van der Waals surface area contributed by atoms with Crippen molar-refractivity contribution in [2.45, 2.75) is 13.0 Å². The number of rotatable bonds is 4. The molecule has 2 aliphatic rings. The number of hydrogen-bond donors (Lipinski definition) is 1. The van der Waals surface area contributed by atoms with E-state index in [0.717, 1.165) is 17.7 Å². The van der Waals surface area contributed by atoms with E-state index < -0.39 is 23.5 Å². The molecule has 0 aliphatic carbocycles. The van der Waals surface area contributed by atoms with Crippen LogP contribution in [-0.4, -0.2) is 30.1 Å². The molecule has 2 heterocycles. The predicted molar refractivity (Wildman–Crippen MR) is 91.1 cm³/mol. The van der Waals surface area contributed by atoms with Crippen LogP contribution in [0.25, 0.3) is 0 Å². The zero-order valence-electron chi connectivity index (χ0n) is 14.2. The van der Waals surface area contributed by atoms with Crippen molar-refractivity contribution in [3.05, 3.63) is 53.6 Å². The summed E-state index contributed by atoms with van der Waals surface area (Å²) in [6.45, 7) is 0.779. The standard InChI is InChI=1S/C19H16F2N2O4/c20-14-3-2-13(7-15(14)21)22-19(25)12-6-18(24)23(9-12)8-11-1-4-16-17(5-11)27-10-26-16/h1-5,7,12H,6,8-10H2,(H,22,25). The lowest BCUT2D eigenvalue weighted by Gasteiger charge is -2.17. The van der Waals surface area contributed by atoms with E-state index in [-0.39, 0.29) is 31.4 Å². The molecule has 140 valence electrons. The van der Waals surface area contributed by atoms with Crippen LogP contribution in [0.3, 0.4) is 0 Å². The van der Waals surface area contributed by atoms with Gasteiger partial charge in [0.1, 0.15) is 0 Å². The number of fused-ring (bicyclic) bond motifs is 1. The molecule has 2 aliphatic heterocycles. The third-order valence-electron chi connectivity index (χ3n) is 4.58. The molecule has 0 spiro atoms. The summed E-state index contributed by atoms with van der Waals surface area (Å²) in [6, 6.07) is 8.56. The molecule has 1 N–H and O–H groups in total. The SMILES string of the molecule is O=C(Nc1ccc(F)c(F)c1)C1CC(=O)N(Cc2ccc3c(c2)OCO3)C1. The summed E-state index contributed by atoms with van der Waals surface area (Å²) >= 11 is 0. The van der Waals surface area contributed by atoms with Crippen molar-refractivity contribution in [2.75, 3.05) is 18.7 Å². The van der Waals surface area contributed by atoms with E-state index in [1.807, 2.05) is 12.1 Å². The first-order valence-electron chi connectivity index (χ1n) is 8.42. The van der Waals surface area contributed by atoms with Crippen molar-refractivity contribution in [3.8, 4) is 11.5 Å². The van der Waals surface area contributed by atoms with Crippen molar-refractivity contribution >= 4 is 17.5 Å². The predicted octanol–water partition coefficient (Wildman–Crippen LogP) is 2.68. The third kappa shape index (κ3) is 3.55. The monoisotopic (exact) mass is 374 g/mol. The highest BCUT2D eigenvalue weighted by Gasteiger charge is 2.34. The Balaban J connectivity index is 1.39. The van der Waals surface area contributed by atoms with Gasteiger partial charge in [-0.3, -0.25) is 9.59 Å². The Labute approximate surface area is 153 Å². The first kappa shape index (κ1) is 17.3. The third-order valence-corrected chi connectivity index (χ3v) is 4.58. The second-order valence-corrected chi connectivity index (χ2v) is 6.48. The summed E-state index contributed by atoms with van der Waals surface area (Å²) < 4.78 is 36.8. The Bertz CT molecular complexity index is 919. The Hall–Kier alpha value is -3.16. The molecule has 1 unspecified atom stereocenters. The fraction of sp³-hybridized carbons (Fsp3) is 0.263. The van der Waals surface area contributed by atoms with Gasteiger partial charge in [-0.05, 0) is 29.8 Å². The van der Waals surface area contributed by atoms with E-state index in [1.165, 1.54) is 6.07 Å². The molecule has 2 amide bonds. The van der Waals surface area contributed by atoms with E-state index >= 15 is 0 Å². The smallest absolute Gasteiger partial charge is 0.231 e. The van der Waals surface area contributed by atoms with Crippen LogP contribution in [0.2, 0.25) is 0 Å². The van der Waals surface area contributed by atoms with Crippen LogP contribution in [0, 0.1) is 17.6 Å². The molecule has 0 saturated carbocycles. The van der Waals surface area contributed by atoms with Crippen LogP contribution in [0.5, 0.6) is 11.5 Å². The van der Waals surface area contributed by atoms with Crippen LogP contribution in [0.15, 0.2) is 36.4 Å². The topological polar surface area (TPSA) is 67.9 Å². The van der Waals surface area contributed by atoms with Gasteiger partial charge < -0.3 is 19.7 Å². The second kappa shape index (κ2) is 6.86. The molecule has 0 radical (unpaired) electrons. The lowest BCUT2D eigenvalue weighted by molar-refractivity contribution is -0.128. The molecule has 2 aromatic rings. The minimum Gasteiger partial charge on any atom is -0.454 e. The van der Waals surface area contributed by atoms with Gasteiger partial charge in [-0.1, -0.05) is 6.07 Å². The molecule has 1 fully saturated rings. The summed E-state index contributed by atoms with van der Waals surface area (Å²) in [5.41, 5.74) is 1.02. The molecule has 6 nitrogen and oxygen atoms in total. The zero-order valence-corrected chi connectivity index (χ0v) is 14.2. The summed E-state index contributed by atoms with van der Waals surface area (Å²) in [7, 11) is 0. The maximum atomic E-state index is 13.3. The van der Waals surface area contributed by atoms with E-state index in [2.05, 4.69) is 5.32 Å². The second-order valence-electron chi connectivity index (χ2n) is 6.48. The van der Waals surface area contributed by atoms with Gasteiger partial charge in [0.05, 0.1) is 5.92 Å². The van der Waals surface area contributed by atoms with E-state index in [4.69, 9.17) is 9.47 Å². The lowest BCUT2D eigenvalue weighted by atomic mass is 10.1. The molecule has 1 atom stereocenters. The van der Waals surface area contributed by atoms with Crippen molar-refractivity contribution in [1.29, 1.82) is 0 Å². The number of anilines is 1. The molecule has 8 heteroatoms. The number of benzene rings is 2. The maximum Gasteiger partial charge on any atom is 0.231 e. The summed E-state index contributed by atoms with van der Waals surface area (Å²) in [5.74, 6) is -1.83. The number of nitrogens with zero attached hydrogens (tertiary/aromatic N) is 1. The molecule has 27 heavy (non-hydrogen) atoms. The van der Waals surface area contributed by atoms with E-state index in [1.54, 1.807) is 11.0 Å². The summed E-state index contributed by atoms with van der Waals surface area (Å²) in [6.07, 6.45) is 0.0695. The first-order chi connectivity index (χ1) is 13.0. The van der Waals surface area contributed by atoms with Crippen molar-refractivity contribution < 1.29 is 27.8 Å². The minimum atomic E-state index is -1.04. The Kier molecular flexibility index (Phi) is 4.39. The number of amides is 2. The fourth-order valence-electron chi connectivity index (χ4n) is 3.18. The van der Waals surface area contributed by atoms with Gasteiger partial charge in [-0.15, -0.1) is 0 Å². The van der Waals surface area contributed by atoms with Crippen molar-refractivity contribution in [3.63, 3.8) is 0 Å². The lowest BCUT2D eigenvalue weighted by Crippen LogP contribution is -2.28. The molecular weight excluding hydrogens is 358 g/mol. The van der Waals surface area contributed by atoms with Gasteiger partial charge in [-0.2, -0.15) is 0 Å². The maximum absolute atomic E-state index is 13.3. The normalized spacial score (nSPS) is 18.1. The van der Waals surface area contributed by atoms with E-state index in [9.17, 15) is 18.4 Å². The van der Waals surface area contributed by atoms with E-state index in [0.29, 0.717) is 18.0 Å². The van der Waals surface area contributed by atoms with Gasteiger partial charge in [0.25, 0.3) is 0 Å². The molecule has 0 aromatic heterocycles. The van der Waals surface area contributed by atoms with Crippen LogP contribution < -0.4 is 14.8 Å². The molecule has 1 saturated heterocycles. The first-order valence-corrected chi connectivity index (χ1v) is 8.42. The minimum absolute atomic E-state index is 0.0695. The largest absolute Gasteiger partial charge is 0.454 e. The molecular formula is C19H16F2N2O4. The highest BCUT2D eigenvalue weighted by atomic mass is 19.2. The Morgan fingerprint density at radius 3 is 2.74 bits per heavy atom. The number of nitrogens with one attached hydrogen (secondary N) is 1. The fourth-order valence-corrected chi connectivity index (χ4v) is 3.18. The average Bonchev–Trinajstić information content (AvgIpc) is 3.25.